The Morgan fingerprint density at radius 3 is 2.63 bits per heavy atom. The second-order valence-corrected chi connectivity index (χ2v) is 5.66. The van der Waals surface area contributed by atoms with E-state index in [9.17, 15) is 4.39 Å². The molecule has 0 aliphatic heterocycles. The number of halogens is 2. The topological polar surface area (TPSA) is 26.0 Å². The van der Waals surface area contributed by atoms with Crippen LogP contribution in [0, 0.1) is 12.7 Å². The zero-order valence-corrected chi connectivity index (χ0v) is 12.5. The fraction of sp³-hybridized carbons (Fsp3) is 0.250. The van der Waals surface area contributed by atoms with E-state index in [-0.39, 0.29) is 11.9 Å². The highest BCUT2D eigenvalue weighted by Gasteiger charge is 2.10. The minimum Gasteiger partial charge on any atom is -0.327 e. The fourth-order valence-corrected chi connectivity index (χ4v) is 2.63. The number of benzene rings is 2. The molecule has 0 saturated carbocycles. The van der Waals surface area contributed by atoms with Gasteiger partial charge >= 0.3 is 0 Å². The highest BCUT2D eigenvalue weighted by atomic mass is 79.9. The van der Waals surface area contributed by atoms with Gasteiger partial charge in [0.15, 0.2) is 0 Å². The Morgan fingerprint density at radius 1 is 1.16 bits per heavy atom. The molecule has 0 spiro atoms. The van der Waals surface area contributed by atoms with Crippen molar-refractivity contribution in [1.82, 2.24) is 0 Å². The van der Waals surface area contributed by atoms with Crippen LogP contribution in [-0.2, 0) is 12.8 Å². The third-order valence-electron chi connectivity index (χ3n) is 3.09. The van der Waals surface area contributed by atoms with Crippen LogP contribution in [0.25, 0.3) is 0 Å². The van der Waals surface area contributed by atoms with Crippen molar-refractivity contribution >= 4 is 15.9 Å². The molecule has 0 aromatic heterocycles. The minimum atomic E-state index is -0.236. The van der Waals surface area contributed by atoms with Crippen LogP contribution in [0.4, 0.5) is 4.39 Å². The van der Waals surface area contributed by atoms with Crippen LogP contribution in [0.1, 0.15) is 16.7 Å². The summed E-state index contributed by atoms with van der Waals surface area (Å²) >= 11 is 3.28. The first-order valence-electron chi connectivity index (χ1n) is 6.30. The molecule has 0 aliphatic carbocycles. The Hall–Kier alpha value is -1.19. The summed E-state index contributed by atoms with van der Waals surface area (Å²) < 4.78 is 13.9. The van der Waals surface area contributed by atoms with Crippen LogP contribution in [0.3, 0.4) is 0 Å². The molecule has 1 unspecified atom stereocenters. The van der Waals surface area contributed by atoms with Gasteiger partial charge in [0.05, 0.1) is 4.47 Å². The summed E-state index contributed by atoms with van der Waals surface area (Å²) in [6.07, 6.45) is 1.46. The van der Waals surface area contributed by atoms with Gasteiger partial charge in [-0.15, -0.1) is 0 Å². The highest BCUT2D eigenvalue weighted by molar-refractivity contribution is 9.10. The van der Waals surface area contributed by atoms with Gasteiger partial charge in [-0.05, 0) is 52.9 Å². The van der Waals surface area contributed by atoms with Crippen molar-refractivity contribution in [2.45, 2.75) is 25.8 Å². The first kappa shape index (κ1) is 14.2. The summed E-state index contributed by atoms with van der Waals surface area (Å²) in [5.41, 5.74) is 9.54. The van der Waals surface area contributed by atoms with Crippen LogP contribution < -0.4 is 5.73 Å². The van der Waals surface area contributed by atoms with Crippen LogP contribution in [0.5, 0.6) is 0 Å². The average Bonchev–Trinajstić information content (AvgIpc) is 2.35. The van der Waals surface area contributed by atoms with Gasteiger partial charge in [-0.3, -0.25) is 0 Å². The lowest BCUT2D eigenvalue weighted by atomic mass is 9.99. The molecule has 0 amide bonds. The second-order valence-electron chi connectivity index (χ2n) is 4.87. The molecule has 3 heteroatoms. The molecule has 2 aromatic rings. The summed E-state index contributed by atoms with van der Waals surface area (Å²) in [5.74, 6) is -0.236. The molecule has 100 valence electrons. The van der Waals surface area contributed by atoms with Crippen molar-refractivity contribution in [3.63, 3.8) is 0 Å². The van der Waals surface area contributed by atoms with Crippen molar-refractivity contribution in [3.8, 4) is 0 Å². The molecule has 1 atom stereocenters. The Balaban J connectivity index is 2.05. The lowest BCUT2D eigenvalue weighted by Gasteiger charge is -2.13. The minimum absolute atomic E-state index is 0.0140. The Kier molecular flexibility index (Phi) is 4.72. The predicted molar refractivity (Wildman–Crippen MR) is 80.7 cm³/mol. The van der Waals surface area contributed by atoms with Crippen LogP contribution in [0.2, 0.25) is 0 Å². The number of hydrogen-bond donors (Lipinski definition) is 1. The summed E-state index contributed by atoms with van der Waals surface area (Å²) in [7, 11) is 0. The van der Waals surface area contributed by atoms with Crippen LogP contribution >= 0.6 is 15.9 Å². The highest BCUT2D eigenvalue weighted by Crippen LogP contribution is 2.22. The summed E-state index contributed by atoms with van der Waals surface area (Å²) in [4.78, 5) is 0. The molecule has 19 heavy (non-hydrogen) atoms. The smallest absolute Gasteiger partial charge is 0.137 e. The van der Waals surface area contributed by atoms with E-state index in [1.807, 2.05) is 12.1 Å². The zero-order chi connectivity index (χ0) is 13.8. The maximum atomic E-state index is 13.4. The molecule has 0 bridgehead atoms. The number of aryl methyl sites for hydroxylation is 1. The van der Waals surface area contributed by atoms with E-state index < -0.39 is 0 Å². The van der Waals surface area contributed by atoms with Crippen LogP contribution in [-0.4, -0.2) is 6.04 Å². The fourth-order valence-electron chi connectivity index (χ4n) is 2.20. The molecule has 0 saturated heterocycles. The molecule has 0 fully saturated rings. The largest absolute Gasteiger partial charge is 0.327 e. The zero-order valence-electron chi connectivity index (χ0n) is 10.9. The number of nitrogens with two attached hydrogens (primary N) is 1. The van der Waals surface area contributed by atoms with E-state index >= 15 is 0 Å². The van der Waals surface area contributed by atoms with Crippen LogP contribution in [0.15, 0.2) is 46.9 Å². The van der Waals surface area contributed by atoms with Gasteiger partial charge in [0, 0.05) is 6.04 Å². The molecule has 0 radical (unpaired) electrons. The average molecular weight is 322 g/mol. The third-order valence-corrected chi connectivity index (χ3v) is 3.98. The summed E-state index contributed by atoms with van der Waals surface area (Å²) in [5, 5.41) is 0. The Bertz CT molecular complexity index is 568. The van der Waals surface area contributed by atoms with Gasteiger partial charge in [-0.1, -0.05) is 42.0 Å². The van der Waals surface area contributed by atoms with Gasteiger partial charge in [0.2, 0.25) is 0 Å². The number of hydrogen-bond acceptors (Lipinski definition) is 1. The predicted octanol–water partition coefficient (Wildman–Crippen LogP) is 4.01. The summed E-state index contributed by atoms with van der Waals surface area (Å²) in [6, 6.07) is 13.4. The van der Waals surface area contributed by atoms with E-state index in [4.69, 9.17) is 5.73 Å². The lowest BCUT2D eigenvalue weighted by Crippen LogP contribution is -2.25. The van der Waals surface area contributed by atoms with E-state index in [2.05, 4.69) is 41.1 Å². The molecule has 0 aliphatic rings. The Morgan fingerprint density at radius 2 is 1.89 bits per heavy atom. The van der Waals surface area contributed by atoms with Crippen molar-refractivity contribution in [2.75, 3.05) is 0 Å². The maximum Gasteiger partial charge on any atom is 0.137 e. The molecule has 0 heterocycles. The summed E-state index contributed by atoms with van der Waals surface area (Å²) in [6.45, 7) is 2.07. The Labute approximate surface area is 121 Å². The standard InChI is InChI=1S/C16H17BrFN/c1-11-4-2-5-12(8-11)9-14(19)10-13-6-3-7-15(18)16(13)17/h2-8,14H,9-10,19H2,1H3. The molecule has 2 aromatic carbocycles. The van der Waals surface area contributed by atoms with Gasteiger partial charge < -0.3 is 5.73 Å². The SMILES string of the molecule is Cc1cccc(CC(N)Cc2cccc(F)c2Br)c1. The first-order chi connectivity index (χ1) is 9.06. The molecular formula is C16H17BrFN. The molecular weight excluding hydrogens is 305 g/mol. The molecule has 2 rings (SSSR count). The van der Waals surface area contributed by atoms with E-state index in [0.29, 0.717) is 10.9 Å². The third kappa shape index (κ3) is 3.88. The van der Waals surface area contributed by atoms with Crippen molar-refractivity contribution in [2.24, 2.45) is 5.73 Å². The van der Waals surface area contributed by atoms with Gasteiger partial charge in [0.1, 0.15) is 5.82 Å². The number of rotatable bonds is 4. The second kappa shape index (κ2) is 6.31. The normalized spacial score (nSPS) is 12.4. The van der Waals surface area contributed by atoms with Crippen molar-refractivity contribution in [1.29, 1.82) is 0 Å². The van der Waals surface area contributed by atoms with E-state index in [1.54, 1.807) is 6.07 Å². The van der Waals surface area contributed by atoms with E-state index in [1.165, 1.54) is 17.2 Å². The van der Waals surface area contributed by atoms with Gasteiger partial charge in [0.25, 0.3) is 0 Å². The first-order valence-corrected chi connectivity index (χ1v) is 7.09. The molecule has 2 N–H and O–H groups in total. The quantitative estimate of drug-likeness (QED) is 0.904. The molecule has 1 nitrogen and oxygen atoms in total. The van der Waals surface area contributed by atoms with E-state index in [0.717, 1.165) is 12.0 Å². The van der Waals surface area contributed by atoms with Gasteiger partial charge in [-0.2, -0.15) is 0 Å². The van der Waals surface area contributed by atoms with Crippen molar-refractivity contribution < 1.29 is 4.39 Å². The monoisotopic (exact) mass is 321 g/mol. The van der Waals surface area contributed by atoms with Crippen molar-refractivity contribution in [3.05, 3.63) is 69.4 Å². The van der Waals surface area contributed by atoms with Gasteiger partial charge in [-0.25, -0.2) is 4.39 Å². The lowest BCUT2D eigenvalue weighted by molar-refractivity contribution is 0.610. The maximum absolute atomic E-state index is 13.4.